The van der Waals surface area contributed by atoms with Gasteiger partial charge in [-0.15, -0.1) is 0 Å². The Bertz CT molecular complexity index is 705. The number of ether oxygens (including phenoxy) is 2. The van der Waals surface area contributed by atoms with Gasteiger partial charge in [0.1, 0.15) is 18.1 Å². The molecule has 5 heteroatoms. The summed E-state index contributed by atoms with van der Waals surface area (Å²) in [6.07, 6.45) is 0. The maximum Gasteiger partial charge on any atom is 0.252 e. The molecule has 5 nitrogen and oxygen atoms in total. The molecule has 1 amide bonds. The molecule has 0 atom stereocenters. The lowest BCUT2D eigenvalue weighted by atomic mass is 10.1. The number of rotatable bonds is 5. The predicted molar refractivity (Wildman–Crippen MR) is 77.0 cm³/mol. The minimum Gasteiger partial charge on any atom is -0.497 e. The van der Waals surface area contributed by atoms with Crippen LogP contribution in [0.25, 0.3) is 0 Å². The van der Waals surface area contributed by atoms with Gasteiger partial charge in [-0.3, -0.25) is 4.79 Å². The quantitative estimate of drug-likeness (QED) is 0.911. The fourth-order valence-electron chi connectivity index (χ4n) is 1.87. The van der Waals surface area contributed by atoms with E-state index in [9.17, 15) is 4.79 Å². The first kappa shape index (κ1) is 14.4. The van der Waals surface area contributed by atoms with E-state index in [0.717, 1.165) is 5.56 Å². The number of carbonyl (C=O) groups is 1. The van der Waals surface area contributed by atoms with Crippen LogP contribution >= 0.6 is 0 Å². The van der Waals surface area contributed by atoms with Crippen LogP contribution in [-0.2, 0) is 6.61 Å². The smallest absolute Gasteiger partial charge is 0.252 e. The molecule has 0 spiro atoms. The van der Waals surface area contributed by atoms with Crippen LogP contribution in [0.2, 0.25) is 0 Å². The standard InChI is InChI=1S/C16H14N2O3/c1-20-13-6-7-15(14(8-13)16(18)19)21-10-12-5-3-2-4-11(12)9-17/h2-8H,10H2,1H3,(H2,18,19). The number of nitriles is 1. The fourth-order valence-corrected chi connectivity index (χ4v) is 1.87. The molecular formula is C16H14N2O3. The van der Waals surface area contributed by atoms with Crippen molar-refractivity contribution < 1.29 is 14.3 Å². The zero-order chi connectivity index (χ0) is 15.2. The summed E-state index contributed by atoms with van der Waals surface area (Å²) in [6, 6.07) is 14.0. The maximum absolute atomic E-state index is 11.5. The summed E-state index contributed by atoms with van der Waals surface area (Å²) in [4.78, 5) is 11.5. The van der Waals surface area contributed by atoms with Gasteiger partial charge in [-0.05, 0) is 24.3 Å². The summed E-state index contributed by atoms with van der Waals surface area (Å²) in [6.45, 7) is 0.177. The van der Waals surface area contributed by atoms with Gasteiger partial charge in [-0.2, -0.15) is 5.26 Å². The number of carbonyl (C=O) groups excluding carboxylic acids is 1. The molecular weight excluding hydrogens is 268 g/mol. The van der Waals surface area contributed by atoms with Crippen LogP contribution in [0.3, 0.4) is 0 Å². The van der Waals surface area contributed by atoms with E-state index in [1.807, 2.05) is 6.07 Å². The molecule has 21 heavy (non-hydrogen) atoms. The normalized spacial score (nSPS) is 9.71. The van der Waals surface area contributed by atoms with Crippen molar-refractivity contribution in [2.45, 2.75) is 6.61 Å². The second-order valence-corrected chi connectivity index (χ2v) is 4.28. The second-order valence-electron chi connectivity index (χ2n) is 4.28. The van der Waals surface area contributed by atoms with Crippen molar-refractivity contribution in [3.05, 3.63) is 59.2 Å². The molecule has 2 aromatic carbocycles. The van der Waals surface area contributed by atoms with Gasteiger partial charge >= 0.3 is 0 Å². The molecule has 0 radical (unpaired) electrons. The predicted octanol–water partition coefficient (Wildman–Crippen LogP) is 2.24. The number of nitrogens with zero attached hydrogens (tertiary/aromatic N) is 1. The van der Waals surface area contributed by atoms with E-state index in [0.29, 0.717) is 17.1 Å². The maximum atomic E-state index is 11.5. The van der Waals surface area contributed by atoms with Crippen molar-refractivity contribution in [3.63, 3.8) is 0 Å². The zero-order valence-corrected chi connectivity index (χ0v) is 11.5. The summed E-state index contributed by atoms with van der Waals surface area (Å²) in [5.74, 6) is 0.280. The van der Waals surface area contributed by atoms with E-state index in [4.69, 9.17) is 20.5 Å². The molecule has 0 aliphatic heterocycles. The van der Waals surface area contributed by atoms with Gasteiger partial charge in [-0.25, -0.2) is 0 Å². The third kappa shape index (κ3) is 3.31. The molecule has 0 heterocycles. The average molecular weight is 282 g/mol. The number of amides is 1. The first-order chi connectivity index (χ1) is 10.2. The van der Waals surface area contributed by atoms with Gasteiger partial charge in [0.2, 0.25) is 0 Å². The molecule has 2 N–H and O–H groups in total. The Morgan fingerprint density at radius 2 is 2.05 bits per heavy atom. The Balaban J connectivity index is 2.24. The van der Waals surface area contributed by atoms with Gasteiger partial charge in [-0.1, -0.05) is 18.2 Å². The van der Waals surface area contributed by atoms with Crippen molar-refractivity contribution in [1.29, 1.82) is 5.26 Å². The van der Waals surface area contributed by atoms with Crippen molar-refractivity contribution >= 4 is 5.91 Å². The third-order valence-corrected chi connectivity index (χ3v) is 2.97. The van der Waals surface area contributed by atoms with Crippen LogP contribution in [0.1, 0.15) is 21.5 Å². The van der Waals surface area contributed by atoms with Gasteiger partial charge in [0.15, 0.2) is 0 Å². The fraction of sp³-hybridized carbons (Fsp3) is 0.125. The van der Waals surface area contributed by atoms with Gasteiger partial charge in [0, 0.05) is 5.56 Å². The summed E-state index contributed by atoms with van der Waals surface area (Å²) in [7, 11) is 1.50. The largest absolute Gasteiger partial charge is 0.497 e. The van der Waals surface area contributed by atoms with Crippen LogP contribution in [0.15, 0.2) is 42.5 Å². The summed E-state index contributed by atoms with van der Waals surface area (Å²) >= 11 is 0. The number of primary amides is 1. The minimum atomic E-state index is -0.600. The Morgan fingerprint density at radius 1 is 1.29 bits per heavy atom. The molecule has 0 unspecified atom stereocenters. The zero-order valence-electron chi connectivity index (χ0n) is 11.5. The Morgan fingerprint density at radius 3 is 2.71 bits per heavy atom. The number of methoxy groups -OCH3 is 1. The highest BCUT2D eigenvalue weighted by Crippen LogP contribution is 2.25. The van der Waals surface area contributed by atoms with Crippen LogP contribution in [0.4, 0.5) is 0 Å². The van der Waals surface area contributed by atoms with E-state index in [-0.39, 0.29) is 12.2 Å². The van der Waals surface area contributed by atoms with E-state index in [2.05, 4.69) is 6.07 Å². The number of hydrogen-bond acceptors (Lipinski definition) is 4. The van der Waals surface area contributed by atoms with E-state index < -0.39 is 5.91 Å². The van der Waals surface area contributed by atoms with Crippen LogP contribution < -0.4 is 15.2 Å². The lowest BCUT2D eigenvalue weighted by Gasteiger charge is -2.11. The van der Waals surface area contributed by atoms with Crippen molar-refractivity contribution in [3.8, 4) is 17.6 Å². The third-order valence-electron chi connectivity index (χ3n) is 2.97. The highest BCUT2D eigenvalue weighted by atomic mass is 16.5. The van der Waals surface area contributed by atoms with E-state index >= 15 is 0 Å². The number of benzene rings is 2. The van der Waals surface area contributed by atoms with Crippen molar-refractivity contribution in [2.24, 2.45) is 5.73 Å². The molecule has 0 bridgehead atoms. The summed E-state index contributed by atoms with van der Waals surface area (Å²) < 4.78 is 10.7. The molecule has 2 rings (SSSR count). The molecule has 0 saturated heterocycles. The molecule has 0 aliphatic carbocycles. The van der Waals surface area contributed by atoms with Crippen molar-refractivity contribution in [1.82, 2.24) is 0 Å². The highest BCUT2D eigenvalue weighted by Gasteiger charge is 2.12. The van der Waals surface area contributed by atoms with Gasteiger partial charge in [0.25, 0.3) is 5.91 Å². The average Bonchev–Trinajstić information content (AvgIpc) is 2.52. The van der Waals surface area contributed by atoms with Crippen LogP contribution in [-0.4, -0.2) is 13.0 Å². The Labute approximate surface area is 122 Å². The molecule has 0 aliphatic rings. The molecule has 106 valence electrons. The van der Waals surface area contributed by atoms with Crippen LogP contribution in [0.5, 0.6) is 11.5 Å². The molecule has 0 aromatic heterocycles. The summed E-state index contributed by atoms with van der Waals surface area (Å²) in [5, 5.41) is 9.03. The topological polar surface area (TPSA) is 85.3 Å². The van der Waals surface area contributed by atoms with E-state index in [1.165, 1.54) is 13.2 Å². The van der Waals surface area contributed by atoms with E-state index in [1.54, 1.807) is 30.3 Å². The first-order valence-corrected chi connectivity index (χ1v) is 6.24. The first-order valence-electron chi connectivity index (χ1n) is 6.24. The second kappa shape index (κ2) is 6.44. The molecule has 2 aromatic rings. The lowest BCUT2D eigenvalue weighted by Crippen LogP contribution is -2.13. The van der Waals surface area contributed by atoms with Crippen LogP contribution in [0, 0.1) is 11.3 Å². The SMILES string of the molecule is COc1ccc(OCc2ccccc2C#N)c(C(N)=O)c1. The lowest BCUT2D eigenvalue weighted by molar-refractivity contribution is 0.0995. The van der Waals surface area contributed by atoms with Gasteiger partial charge in [0.05, 0.1) is 24.3 Å². The van der Waals surface area contributed by atoms with Gasteiger partial charge < -0.3 is 15.2 Å². The summed E-state index contributed by atoms with van der Waals surface area (Å²) in [5.41, 5.74) is 6.85. The number of nitrogens with two attached hydrogens (primary N) is 1. The highest BCUT2D eigenvalue weighted by molar-refractivity contribution is 5.96. The van der Waals surface area contributed by atoms with Crippen molar-refractivity contribution in [2.75, 3.05) is 7.11 Å². The molecule has 0 saturated carbocycles. The monoisotopic (exact) mass is 282 g/mol. The Hall–Kier alpha value is -3.00. The molecule has 0 fully saturated rings. The minimum absolute atomic E-state index is 0.177. The number of hydrogen-bond donors (Lipinski definition) is 1. The Kier molecular flexibility index (Phi) is 4.42.